The van der Waals surface area contributed by atoms with Crippen LogP contribution in [0.3, 0.4) is 0 Å². The monoisotopic (exact) mass is 434 g/mol. The van der Waals surface area contributed by atoms with E-state index in [4.69, 9.17) is 0 Å². The lowest BCUT2D eigenvalue weighted by molar-refractivity contribution is -0.122. The van der Waals surface area contributed by atoms with Crippen molar-refractivity contribution in [2.45, 2.75) is 65.2 Å². The minimum Gasteiger partial charge on any atom is -0.273 e. The van der Waals surface area contributed by atoms with E-state index in [-0.39, 0.29) is 11.8 Å². The summed E-state index contributed by atoms with van der Waals surface area (Å²) in [6.45, 7) is 4.06. The second-order valence-electron chi connectivity index (χ2n) is 8.03. The van der Waals surface area contributed by atoms with Crippen molar-refractivity contribution in [3.63, 3.8) is 0 Å². The van der Waals surface area contributed by atoms with E-state index in [9.17, 15) is 9.59 Å². The number of rotatable bonds is 13. The highest BCUT2D eigenvalue weighted by Crippen LogP contribution is 2.09. The number of nitrogens with one attached hydrogen (secondary N) is 2. The van der Waals surface area contributed by atoms with E-state index in [0.29, 0.717) is 12.8 Å². The summed E-state index contributed by atoms with van der Waals surface area (Å²) in [6, 6.07) is 15.9. The van der Waals surface area contributed by atoms with Gasteiger partial charge in [0.2, 0.25) is 11.8 Å². The Bertz CT molecular complexity index is 812. The van der Waals surface area contributed by atoms with Crippen molar-refractivity contribution >= 4 is 24.2 Å². The first kappa shape index (κ1) is 25.0. The lowest BCUT2D eigenvalue weighted by Crippen LogP contribution is -2.17. The second kappa shape index (κ2) is 14.7. The normalized spacial score (nSPS) is 11.2. The number of benzene rings is 2. The average molecular weight is 435 g/mol. The molecule has 0 aliphatic rings. The molecule has 0 saturated heterocycles. The van der Waals surface area contributed by atoms with Crippen molar-refractivity contribution < 1.29 is 9.59 Å². The highest BCUT2D eigenvalue weighted by atomic mass is 16.2. The number of carbonyl (C=O) groups is 2. The number of hydrazone groups is 2. The van der Waals surface area contributed by atoms with Crippen LogP contribution in [0.15, 0.2) is 58.7 Å². The van der Waals surface area contributed by atoms with Crippen molar-refractivity contribution in [1.29, 1.82) is 0 Å². The van der Waals surface area contributed by atoms with Crippen LogP contribution in [0.1, 0.15) is 73.6 Å². The molecule has 2 rings (SSSR count). The molecule has 0 unspecified atom stereocenters. The van der Waals surface area contributed by atoms with Crippen LogP contribution in [0.2, 0.25) is 0 Å². The maximum atomic E-state index is 11.8. The summed E-state index contributed by atoms with van der Waals surface area (Å²) in [5.41, 5.74) is 9.45. The highest BCUT2D eigenvalue weighted by molar-refractivity contribution is 5.83. The number of carbonyl (C=O) groups excluding carboxylic acids is 2. The Morgan fingerprint density at radius 3 is 1.34 bits per heavy atom. The Balaban J connectivity index is 1.43. The van der Waals surface area contributed by atoms with Crippen LogP contribution < -0.4 is 10.9 Å². The van der Waals surface area contributed by atoms with Gasteiger partial charge in [-0.25, -0.2) is 10.9 Å². The zero-order chi connectivity index (χ0) is 23.0. The van der Waals surface area contributed by atoms with Crippen LogP contribution in [0.5, 0.6) is 0 Å². The molecule has 32 heavy (non-hydrogen) atoms. The molecule has 0 aliphatic heterocycles. The minimum absolute atomic E-state index is 0.0591. The molecule has 0 heterocycles. The van der Waals surface area contributed by atoms with Crippen molar-refractivity contribution in [3.05, 3.63) is 70.8 Å². The highest BCUT2D eigenvalue weighted by Gasteiger charge is 2.01. The van der Waals surface area contributed by atoms with Crippen LogP contribution in [0.25, 0.3) is 0 Å². The van der Waals surface area contributed by atoms with E-state index in [2.05, 4.69) is 21.1 Å². The molecule has 0 bridgehead atoms. The Kier molecular flexibility index (Phi) is 11.5. The van der Waals surface area contributed by atoms with Gasteiger partial charge in [0.15, 0.2) is 0 Å². The standard InChI is InChI=1S/C26H34N4O2/c1-21-11-15-23(16-12-21)19-27-29-25(31)9-7-5-3-4-6-8-10-26(32)30-28-20-24-17-13-22(2)14-18-24/h11-20H,3-10H2,1-2H3,(H,29,31)(H,30,32)/b27-19-,28-20-. The number of hydrogen-bond acceptors (Lipinski definition) is 4. The minimum atomic E-state index is -0.0591. The zero-order valence-corrected chi connectivity index (χ0v) is 19.1. The molecule has 0 saturated carbocycles. The van der Waals surface area contributed by atoms with E-state index >= 15 is 0 Å². The largest absolute Gasteiger partial charge is 0.273 e. The molecule has 2 aromatic carbocycles. The summed E-state index contributed by atoms with van der Waals surface area (Å²) < 4.78 is 0. The first-order chi connectivity index (χ1) is 15.5. The van der Waals surface area contributed by atoms with Crippen molar-refractivity contribution in [2.24, 2.45) is 10.2 Å². The molecule has 0 aromatic heterocycles. The molecule has 0 spiro atoms. The van der Waals surface area contributed by atoms with E-state index in [1.165, 1.54) is 11.1 Å². The van der Waals surface area contributed by atoms with Crippen molar-refractivity contribution in [2.75, 3.05) is 0 Å². The van der Waals surface area contributed by atoms with Gasteiger partial charge < -0.3 is 0 Å². The average Bonchev–Trinajstić information content (AvgIpc) is 2.78. The van der Waals surface area contributed by atoms with Crippen LogP contribution in [-0.4, -0.2) is 24.2 Å². The van der Waals surface area contributed by atoms with E-state index < -0.39 is 0 Å². The van der Waals surface area contributed by atoms with Gasteiger partial charge >= 0.3 is 0 Å². The third-order valence-corrected chi connectivity index (χ3v) is 5.02. The maximum Gasteiger partial charge on any atom is 0.240 e. The topological polar surface area (TPSA) is 82.9 Å². The zero-order valence-electron chi connectivity index (χ0n) is 19.1. The predicted octanol–water partition coefficient (Wildman–Crippen LogP) is 5.02. The van der Waals surface area contributed by atoms with E-state index in [1.54, 1.807) is 12.4 Å². The van der Waals surface area contributed by atoms with Crippen LogP contribution >= 0.6 is 0 Å². The number of nitrogens with zero attached hydrogens (tertiary/aromatic N) is 2. The van der Waals surface area contributed by atoms with Gasteiger partial charge in [-0.1, -0.05) is 85.3 Å². The molecule has 170 valence electrons. The third kappa shape index (κ3) is 11.2. The second-order valence-corrected chi connectivity index (χ2v) is 8.03. The first-order valence-corrected chi connectivity index (χ1v) is 11.3. The lowest BCUT2D eigenvalue weighted by atomic mass is 10.1. The fourth-order valence-electron chi connectivity index (χ4n) is 3.05. The van der Waals surface area contributed by atoms with Gasteiger partial charge in [0.05, 0.1) is 12.4 Å². The molecule has 0 radical (unpaired) electrons. The maximum absolute atomic E-state index is 11.8. The molecular formula is C26H34N4O2. The van der Waals surface area contributed by atoms with Gasteiger partial charge in [0.25, 0.3) is 0 Å². The van der Waals surface area contributed by atoms with E-state index in [1.807, 2.05) is 62.4 Å². The van der Waals surface area contributed by atoms with Gasteiger partial charge in [-0.05, 0) is 37.8 Å². The summed E-state index contributed by atoms with van der Waals surface area (Å²) in [5, 5.41) is 7.99. The number of unbranched alkanes of at least 4 members (excludes halogenated alkanes) is 5. The van der Waals surface area contributed by atoms with Gasteiger partial charge in [-0.15, -0.1) is 0 Å². The Morgan fingerprint density at radius 2 is 0.969 bits per heavy atom. The first-order valence-electron chi connectivity index (χ1n) is 11.3. The smallest absolute Gasteiger partial charge is 0.240 e. The number of hydrogen-bond donors (Lipinski definition) is 2. The van der Waals surface area contributed by atoms with Gasteiger partial charge in [-0.3, -0.25) is 9.59 Å². The van der Waals surface area contributed by atoms with Crippen LogP contribution in [-0.2, 0) is 9.59 Å². The van der Waals surface area contributed by atoms with E-state index in [0.717, 1.165) is 49.7 Å². The molecule has 2 amide bonds. The predicted molar refractivity (Wildman–Crippen MR) is 131 cm³/mol. The fraction of sp³-hybridized carbons (Fsp3) is 0.385. The lowest BCUT2D eigenvalue weighted by Gasteiger charge is -2.02. The quantitative estimate of drug-likeness (QED) is 0.263. The molecule has 2 aromatic rings. The fourth-order valence-corrected chi connectivity index (χ4v) is 3.05. The summed E-state index contributed by atoms with van der Waals surface area (Å²) in [6.07, 6.45) is 10.1. The molecule has 0 atom stereocenters. The van der Waals surface area contributed by atoms with Crippen molar-refractivity contribution in [1.82, 2.24) is 10.9 Å². The summed E-state index contributed by atoms with van der Waals surface area (Å²) >= 11 is 0. The molecule has 6 nitrogen and oxygen atoms in total. The third-order valence-electron chi connectivity index (χ3n) is 5.02. The summed E-state index contributed by atoms with van der Waals surface area (Å²) in [5.74, 6) is -0.118. The van der Waals surface area contributed by atoms with Gasteiger partial charge in [0, 0.05) is 12.8 Å². The molecular weight excluding hydrogens is 400 g/mol. The van der Waals surface area contributed by atoms with Crippen molar-refractivity contribution in [3.8, 4) is 0 Å². The Hall–Kier alpha value is -3.28. The SMILES string of the molecule is Cc1ccc(/C=N\NC(=O)CCCCCCCCC(=O)N/N=C\c2ccc(C)cc2)cc1. The number of aryl methyl sites for hydroxylation is 2. The Labute approximate surface area is 191 Å². The Morgan fingerprint density at radius 1 is 0.625 bits per heavy atom. The summed E-state index contributed by atoms with van der Waals surface area (Å²) in [4.78, 5) is 23.6. The number of amides is 2. The molecule has 6 heteroatoms. The van der Waals surface area contributed by atoms with Crippen LogP contribution in [0, 0.1) is 13.8 Å². The van der Waals surface area contributed by atoms with Gasteiger partial charge in [0.1, 0.15) is 0 Å². The molecule has 0 aliphatic carbocycles. The molecule has 2 N–H and O–H groups in total. The van der Waals surface area contributed by atoms with Crippen LogP contribution in [0.4, 0.5) is 0 Å². The van der Waals surface area contributed by atoms with Gasteiger partial charge in [-0.2, -0.15) is 10.2 Å². The summed E-state index contributed by atoms with van der Waals surface area (Å²) in [7, 11) is 0. The molecule has 0 fully saturated rings.